The van der Waals surface area contributed by atoms with E-state index in [-0.39, 0.29) is 54.0 Å². The molecule has 0 saturated carbocycles. The summed E-state index contributed by atoms with van der Waals surface area (Å²) in [6, 6.07) is 23.6. The summed E-state index contributed by atoms with van der Waals surface area (Å²) in [5.41, 5.74) is 0.244. The highest BCUT2D eigenvalue weighted by atomic mass is 35.5. The van der Waals surface area contributed by atoms with Crippen molar-refractivity contribution in [2.45, 2.75) is 9.79 Å². The lowest BCUT2D eigenvalue weighted by atomic mass is 10.2. The highest BCUT2D eigenvalue weighted by molar-refractivity contribution is 7.89. The van der Waals surface area contributed by atoms with E-state index in [1.807, 2.05) is 12.1 Å². The summed E-state index contributed by atoms with van der Waals surface area (Å²) >= 11 is 12.0. The van der Waals surface area contributed by atoms with Crippen LogP contribution in [0.3, 0.4) is 0 Å². The van der Waals surface area contributed by atoms with Crippen molar-refractivity contribution in [1.29, 1.82) is 10.5 Å². The van der Waals surface area contributed by atoms with Gasteiger partial charge in [0.1, 0.15) is 46.3 Å². The topological polar surface area (TPSA) is 175 Å². The third-order valence-electron chi connectivity index (χ3n) is 5.82. The Balaban J connectivity index is 1.31. The van der Waals surface area contributed by atoms with Crippen LogP contribution < -0.4 is 18.9 Å². The van der Waals surface area contributed by atoms with Crippen LogP contribution in [0.2, 0.25) is 10.0 Å². The molecule has 11 nitrogen and oxygen atoms in total. The van der Waals surface area contributed by atoms with Gasteiger partial charge in [-0.1, -0.05) is 35.3 Å². The van der Waals surface area contributed by atoms with Crippen molar-refractivity contribution in [1.82, 2.24) is 9.44 Å². The predicted molar refractivity (Wildman–Crippen MR) is 161 cm³/mol. The van der Waals surface area contributed by atoms with Crippen LogP contribution in [0.25, 0.3) is 0 Å². The molecular formula is C29H20Cl2N4O7S2. The zero-order valence-electron chi connectivity index (χ0n) is 22.3. The molecule has 0 amide bonds. The first-order chi connectivity index (χ1) is 20.9. The maximum absolute atomic E-state index is 12.7. The van der Waals surface area contributed by atoms with Gasteiger partial charge in [0.25, 0.3) is 0 Å². The Morgan fingerprint density at radius 3 is 1.34 bits per heavy atom. The van der Waals surface area contributed by atoms with E-state index < -0.39 is 38.9 Å². The third-order valence-corrected chi connectivity index (χ3v) is 9.28. The number of Topliss-reactive ketones (excluding diaryl/α,β-unsaturated/α-hetero) is 1. The van der Waals surface area contributed by atoms with Crippen LogP contribution in [0.5, 0.6) is 23.0 Å². The number of ether oxygens (including phenoxy) is 2. The average Bonchev–Trinajstić information content (AvgIpc) is 3.00. The van der Waals surface area contributed by atoms with Crippen molar-refractivity contribution in [2.24, 2.45) is 0 Å². The molecule has 0 atom stereocenters. The van der Waals surface area contributed by atoms with Crippen molar-refractivity contribution < 1.29 is 31.1 Å². The Bertz CT molecular complexity index is 1860. The quantitative estimate of drug-likeness (QED) is 0.206. The monoisotopic (exact) mass is 670 g/mol. The number of hydrogen-bond donors (Lipinski definition) is 2. The lowest BCUT2D eigenvalue weighted by Gasteiger charge is -2.11. The highest BCUT2D eigenvalue weighted by Crippen LogP contribution is 2.31. The summed E-state index contributed by atoms with van der Waals surface area (Å²) < 4.78 is 66.1. The van der Waals surface area contributed by atoms with Gasteiger partial charge < -0.3 is 9.47 Å². The molecule has 15 heteroatoms. The summed E-state index contributed by atoms with van der Waals surface area (Å²) in [6.45, 7) is -1.35. The Morgan fingerprint density at radius 2 is 1.00 bits per heavy atom. The molecule has 0 radical (unpaired) electrons. The molecule has 4 rings (SSSR count). The molecule has 44 heavy (non-hydrogen) atoms. The van der Waals surface area contributed by atoms with Crippen LogP contribution in [-0.2, 0) is 24.8 Å². The third kappa shape index (κ3) is 7.92. The molecule has 2 N–H and O–H groups in total. The smallest absolute Gasteiger partial charge is 0.240 e. The Hall–Kier alpha value is -4.47. The first kappa shape index (κ1) is 32.4. The van der Waals surface area contributed by atoms with E-state index in [0.717, 1.165) is 0 Å². The number of carbonyl (C=O) groups is 1. The Kier molecular flexibility index (Phi) is 10.2. The highest BCUT2D eigenvalue weighted by Gasteiger charge is 2.19. The molecule has 224 valence electrons. The van der Waals surface area contributed by atoms with Crippen molar-refractivity contribution >= 4 is 49.0 Å². The molecule has 0 aliphatic carbocycles. The first-order valence-corrected chi connectivity index (χ1v) is 16.1. The summed E-state index contributed by atoms with van der Waals surface area (Å²) in [4.78, 5) is 12.0. The number of nitriles is 2. The van der Waals surface area contributed by atoms with Crippen LogP contribution in [0.15, 0.2) is 94.7 Å². The van der Waals surface area contributed by atoms with Crippen LogP contribution >= 0.6 is 23.2 Å². The summed E-state index contributed by atoms with van der Waals surface area (Å²) in [6.07, 6.45) is 0. The van der Waals surface area contributed by atoms with Crippen molar-refractivity contribution in [2.75, 3.05) is 13.1 Å². The standard InChI is InChI=1S/C29H20Cl2N4O7S2/c30-26-3-1-5-28(24(26)15-32)41-20-7-11-22(12-8-20)43(37,38)34-17-19(36)18-35-44(39,40)23-13-9-21(10-14-23)42-29-6-2-4-27(31)25(29)16-33/h1-14,34-35H,17-18H2. The average molecular weight is 672 g/mol. The maximum atomic E-state index is 12.7. The number of halogens is 2. The minimum atomic E-state index is -4.13. The lowest BCUT2D eigenvalue weighted by Crippen LogP contribution is -2.36. The predicted octanol–water partition coefficient (Wildman–Crippen LogP) is 5.15. The van der Waals surface area contributed by atoms with Crippen molar-refractivity contribution in [3.63, 3.8) is 0 Å². The second kappa shape index (κ2) is 13.9. The van der Waals surface area contributed by atoms with E-state index in [1.165, 1.54) is 72.8 Å². The van der Waals surface area contributed by atoms with E-state index in [2.05, 4.69) is 9.44 Å². The van der Waals surface area contributed by atoms with Gasteiger partial charge in [0.2, 0.25) is 20.0 Å². The molecule has 0 aliphatic heterocycles. The fourth-order valence-electron chi connectivity index (χ4n) is 3.60. The number of nitrogens with zero attached hydrogens (tertiary/aromatic N) is 2. The molecule has 0 saturated heterocycles. The van der Waals surface area contributed by atoms with Crippen LogP contribution in [0.4, 0.5) is 0 Å². The van der Waals surface area contributed by atoms with Gasteiger partial charge in [-0.2, -0.15) is 10.5 Å². The molecule has 0 bridgehead atoms. The SMILES string of the molecule is N#Cc1c(Cl)cccc1Oc1ccc(S(=O)(=O)NCC(=O)CNS(=O)(=O)c2ccc(Oc3cccc(Cl)c3C#N)cc2)cc1. The lowest BCUT2D eigenvalue weighted by molar-refractivity contribution is -0.116. The molecule has 0 unspecified atom stereocenters. The zero-order valence-corrected chi connectivity index (χ0v) is 25.5. The second-order valence-electron chi connectivity index (χ2n) is 8.78. The number of nitrogens with one attached hydrogen (secondary N) is 2. The Labute approximate surface area is 263 Å². The number of hydrogen-bond acceptors (Lipinski definition) is 9. The van der Waals surface area contributed by atoms with E-state index in [0.29, 0.717) is 0 Å². The molecule has 0 aliphatic rings. The van der Waals surface area contributed by atoms with Gasteiger partial charge in [0, 0.05) is 0 Å². The van der Waals surface area contributed by atoms with E-state index in [1.54, 1.807) is 12.1 Å². The number of sulfonamides is 2. The summed E-state index contributed by atoms with van der Waals surface area (Å²) in [7, 11) is -8.26. The van der Waals surface area contributed by atoms with Crippen LogP contribution in [-0.4, -0.2) is 35.7 Å². The van der Waals surface area contributed by atoms with Gasteiger partial charge in [0.05, 0.1) is 32.9 Å². The summed E-state index contributed by atoms with van der Waals surface area (Å²) in [5.74, 6) is 0.121. The van der Waals surface area contributed by atoms with Gasteiger partial charge in [0.15, 0.2) is 5.78 Å². The van der Waals surface area contributed by atoms with Gasteiger partial charge in [-0.25, -0.2) is 26.3 Å². The fourth-order valence-corrected chi connectivity index (χ4v) is 6.04. The minimum Gasteiger partial charge on any atom is -0.456 e. The fraction of sp³-hybridized carbons (Fsp3) is 0.0690. The van der Waals surface area contributed by atoms with E-state index >= 15 is 0 Å². The van der Waals surface area contributed by atoms with Gasteiger partial charge in [-0.15, -0.1) is 0 Å². The number of carbonyl (C=O) groups excluding carboxylic acids is 1. The number of ketones is 1. The molecule has 0 aromatic heterocycles. The molecule has 4 aromatic rings. The summed E-state index contributed by atoms with van der Waals surface area (Å²) in [5, 5.41) is 18.9. The van der Waals surface area contributed by atoms with E-state index in [9.17, 15) is 32.2 Å². The number of rotatable bonds is 12. The molecular weight excluding hydrogens is 651 g/mol. The van der Waals surface area contributed by atoms with Gasteiger partial charge >= 0.3 is 0 Å². The van der Waals surface area contributed by atoms with E-state index in [4.69, 9.17) is 32.7 Å². The molecule has 0 fully saturated rings. The molecule has 0 spiro atoms. The molecule has 0 heterocycles. The van der Waals surface area contributed by atoms with Crippen LogP contribution in [0, 0.1) is 22.7 Å². The van der Waals surface area contributed by atoms with Gasteiger partial charge in [-0.3, -0.25) is 4.79 Å². The van der Waals surface area contributed by atoms with Crippen LogP contribution in [0.1, 0.15) is 11.1 Å². The maximum Gasteiger partial charge on any atom is 0.240 e. The van der Waals surface area contributed by atoms with Crippen molar-refractivity contribution in [3.05, 3.63) is 106 Å². The normalized spacial score (nSPS) is 11.3. The zero-order chi connectivity index (χ0) is 31.9. The first-order valence-electron chi connectivity index (χ1n) is 12.4. The Morgan fingerprint density at radius 1 is 0.636 bits per heavy atom. The largest absolute Gasteiger partial charge is 0.456 e. The van der Waals surface area contributed by atoms with Gasteiger partial charge in [-0.05, 0) is 72.8 Å². The number of benzene rings is 4. The second-order valence-corrected chi connectivity index (χ2v) is 13.1. The van der Waals surface area contributed by atoms with Crippen molar-refractivity contribution in [3.8, 4) is 35.1 Å². The molecule has 4 aromatic carbocycles. The minimum absolute atomic E-state index is 0.122.